The van der Waals surface area contributed by atoms with Gasteiger partial charge in [0, 0.05) is 28.2 Å². The Hall–Kier alpha value is -3.49. The van der Waals surface area contributed by atoms with Crippen LogP contribution in [-0.4, -0.2) is 29.6 Å². The van der Waals surface area contributed by atoms with Gasteiger partial charge in [-0.3, -0.25) is 9.36 Å². The van der Waals surface area contributed by atoms with E-state index in [-0.39, 0.29) is 5.16 Å². The van der Waals surface area contributed by atoms with Crippen LogP contribution < -0.4 is 5.32 Å². The summed E-state index contributed by atoms with van der Waals surface area (Å²) in [4.78, 5) is 16.8. The standard InChI is InChI=1S/C24H19ClFN3O3S/c1-16-5-7-17(8-6-16)22-14-29(21-11-9-19(26)10-12-21)24(28-22)33(31,32)15-23(30)27-20-4-2-3-18(25)13-20/h2-14H,15H2,1H3,(H,27,30). The van der Waals surface area contributed by atoms with Crippen LogP contribution >= 0.6 is 11.6 Å². The highest BCUT2D eigenvalue weighted by Gasteiger charge is 2.27. The van der Waals surface area contributed by atoms with Gasteiger partial charge in [-0.15, -0.1) is 0 Å². The van der Waals surface area contributed by atoms with Crippen molar-refractivity contribution in [2.45, 2.75) is 12.1 Å². The van der Waals surface area contributed by atoms with Crippen molar-refractivity contribution < 1.29 is 17.6 Å². The maximum Gasteiger partial charge on any atom is 0.240 e. The van der Waals surface area contributed by atoms with Crippen LogP contribution in [0.4, 0.5) is 10.1 Å². The van der Waals surface area contributed by atoms with Gasteiger partial charge in [0.05, 0.1) is 5.69 Å². The van der Waals surface area contributed by atoms with Crippen molar-refractivity contribution in [2.75, 3.05) is 11.1 Å². The molecular formula is C24H19ClFN3O3S. The molecule has 1 aromatic heterocycles. The number of hydrogen-bond donors (Lipinski definition) is 1. The summed E-state index contributed by atoms with van der Waals surface area (Å²) in [6, 6.07) is 19.2. The van der Waals surface area contributed by atoms with E-state index in [1.54, 1.807) is 24.4 Å². The SMILES string of the molecule is Cc1ccc(-c2cn(-c3ccc(F)cc3)c(S(=O)(=O)CC(=O)Nc3cccc(Cl)c3)n2)cc1. The second-order valence-electron chi connectivity index (χ2n) is 7.44. The largest absolute Gasteiger partial charge is 0.325 e. The molecule has 0 unspecified atom stereocenters. The van der Waals surface area contributed by atoms with Gasteiger partial charge in [0.2, 0.25) is 20.9 Å². The first-order valence-corrected chi connectivity index (χ1v) is 11.9. The van der Waals surface area contributed by atoms with Crippen LogP contribution in [0.1, 0.15) is 5.56 Å². The Kier molecular flexibility index (Phi) is 6.31. The number of halogens is 2. The van der Waals surface area contributed by atoms with Crippen molar-refractivity contribution in [1.82, 2.24) is 9.55 Å². The maximum absolute atomic E-state index is 13.4. The van der Waals surface area contributed by atoms with Crippen LogP contribution in [0.15, 0.2) is 84.1 Å². The van der Waals surface area contributed by atoms with Crippen molar-refractivity contribution in [3.8, 4) is 16.9 Å². The van der Waals surface area contributed by atoms with Gasteiger partial charge in [-0.1, -0.05) is 47.5 Å². The number of aryl methyl sites for hydroxylation is 1. The fourth-order valence-corrected chi connectivity index (χ4v) is 4.67. The lowest BCUT2D eigenvalue weighted by molar-refractivity contribution is -0.113. The van der Waals surface area contributed by atoms with E-state index in [0.29, 0.717) is 27.7 Å². The van der Waals surface area contributed by atoms with E-state index in [2.05, 4.69) is 10.3 Å². The van der Waals surface area contributed by atoms with Gasteiger partial charge in [0.15, 0.2) is 0 Å². The predicted octanol–water partition coefficient (Wildman–Crippen LogP) is 5.05. The number of rotatable bonds is 6. The third-order valence-corrected chi connectivity index (χ3v) is 6.56. The molecule has 0 fully saturated rings. The van der Waals surface area contributed by atoms with E-state index in [0.717, 1.165) is 5.56 Å². The van der Waals surface area contributed by atoms with Crippen LogP contribution in [-0.2, 0) is 14.6 Å². The number of carbonyl (C=O) groups is 1. The number of sulfone groups is 1. The highest BCUT2D eigenvalue weighted by Crippen LogP contribution is 2.25. The summed E-state index contributed by atoms with van der Waals surface area (Å²) >= 11 is 5.92. The average molecular weight is 484 g/mol. The Morgan fingerprint density at radius 3 is 2.42 bits per heavy atom. The Labute approximate surface area is 195 Å². The molecule has 0 bridgehead atoms. The van der Waals surface area contributed by atoms with Crippen molar-refractivity contribution >= 4 is 33.0 Å². The molecule has 33 heavy (non-hydrogen) atoms. The molecule has 1 N–H and O–H groups in total. The van der Waals surface area contributed by atoms with E-state index in [1.807, 2.05) is 31.2 Å². The van der Waals surface area contributed by atoms with Gasteiger partial charge in [0.25, 0.3) is 0 Å². The van der Waals surface area contributed by atoms with Crippen molar-refractivity contribution in [2.24, 2.45) is 0 Å². The second-order valence-corrected chi connectivity index (χ2v) is 9.76. The molecule has 0 radical (unpaired) electrons. The molecule has 4 aromatic rings. The Morgan fingerprint density at radius 1 is 1.06 bits per heavy atom. The normalized spacial score (nSPS) is 11.4. The first kappa shape index (κ1) is 22.7. The Morgan fingerprint density at radius 2 is 1.76 bits per heavy atom. The maximum atomic E-state index is 13.4. The molecule has 0 aliphatic heterocycles. The molecule has 0 spiro atoms. The van der Waals surface area contributed by atoms with Gasteiger partial charge in [-0.05, 0) is 49.4 Å². The Bertz CT molecular complexity index is 1420. The molecular weight excluding hydrogens is 465 g/mol. The molecule has 168 valence electrons. The summed E-state index contributed by atoms with van der Waals surface area (Å²) in [7, 11) is -4.16. The lowest BCUT2D eigenvalue weighted by Crippen LogP contribution is -2.25. The summed E-state index contributed by atoms with van der Waals surface area (Å²) in [5.74, 6) is -2.02. The smallest absolute Gasteiger partial charge is 0.240 e. The van der Waals surface area contributed by atoms with Gasteiger partial charge in [0.1, 0.15) is 11.6 Å². The predicted molar refractivity (Wildman–Crippen MR) is 126 cm³/mol. The summed E-state index contributed by atoms with van der Waals surface area (Å²) < 4.78 is 41.2. The minimum Gasteiger partial charge on any atom is -0.325 e. The van der Waals surface area contributed by atoms with Crippen molar-refractivity contribution in [1.29, 1.82) is 0 Å². The number of hydrogen-bond acceptors (Lipinski definition) is 4. The second kappa shape index (κ2) is 9.17. The number of nitrogens with zero attached hydrogens (tertiary/aromatic N) is 2. The molecule has 9 heteroatoms. The first-order chi connectivity index (χ1) is 15.7. The summed E-state index contributed by atoms with van der Waals surface area (Å²) in [5, 5.41) is 2.62. The number of imidazole rings is 1. The average Bonchev–Trinajstić information content (AvgIpc) is 3.21. The molecule has 4 rings (SSSR count). The van der Waals surface area contributed by atoms with E-state index in [1.165, 1.54) is 34.9 Å². The molecule has 0 aliphatic carbocycles. The van der Waals surface area contributed by atoms with Crippen LogP contribution in [0.25, 0.3) is 16.9 Å². The van der Waals surface area contributed by atoms with Gasteiger partial charge >= 0.3 is 0 Å². The summed E-state index contributed by atoms with van der Waals surface area (Å²) in [6.07, 6.45) is 1.56. The van der Waals surface area contributed by atoms with E-state index >= 15 is 0 Å². The van der Waals surface area contributed by atoms with E-state index in [9.17, 15) is 17.6 Å². The quantitative estimate of drug-likeness (QED) is 0.416. The number of benzene rings is 3. The highest BCUT2D eigenvalue weighted by atomic mass is 35.5. The number of aromatic nitrogens is 2. The molecule has 3 aromatic carbocycles. The third-order valence-electron chi connectivity index (χ3n) is 4.83. The molecule has 6 nitrogen and oxygen atoms in total. The monoisotopic (exact) mass is 483 g/mol. The molecule has 0 saturated heterocycles. The number of carbonyl (C=O) groups excluding carboxylic acids is 1. The Balaban J connectivity index is 1.71. The number of nitrogens with one attached hydrogen (secondary N) is 1. The number of anilines is 1. The number of amides is 1. The van der Waals surface area contributed by atoms with Gasteiger partial charge in [-0.2, -0.15) is 0 Å². The van der Waals surface area contributed by atoms with E-state index < -0.39 is 27.3 Å². The summed E-state index contributed by atoms with van der Waals surface area (Å²) in [6.45, 7) is 1.94. The molecule has 0 saturated carbocycles. The fraction of sp³-hybridized carbons (Fsp3) is 0.0833. The van der Waals surface area contributed by atoms with Crippen molar-refractivity contribution in [3.63, 3.8) is 0 Å². The minimum absolute atomic E-state index is 0.314. The van der Waals surface area contributed by atoms with Crippen LogP contribution in [0.2, 0.25) is 5.02 Å². The van der Waals surface area contributed by atoms with E-state index in [4.69, 9.17) is 11.6 Å². The lowest BCUT2D eigenvalue weighted by atomic mass is 10.1. The van der Waals surface area contributed by atoms with Gasteiger partial charge < -0.3 is 5.32 Å². The lowest BCUT2D eigenvalue weighted by Gasteiger charge is -2.09. The van der Waals surface area contributed by atoms with Gasteiger partial charge in [-0.25, -0.2) is 17.8 Å². The molecule has 0 aliphatic rings. The highest BCUT2D eigenvalue weighted by molar-refractivity contribution is 7.92. The zero-order valence-electron chi connectivity index (χ0n) is 17.5. The fourth-order valence-electron chi connectivity index (χ4n) is 3.23. The zero-order valence-corrected chi connectivity index (χ0v) is 19.1. The molecule has 1 amide bonds. The van der Waals surface area contributed by atoms with Crippen molar-refractivity contribution in [3.05, 3.63) is 95.4 Å². The topological polar surface area (TPSA) is 81.1 Å². The summed E-state index contributed by atoms with van der Waals surface area (Å²) in [5.41, 5.74) is 2.94. The first-order valence-electron chi connectivity index (χ1n) is 9.92. The third kappa shape index (κ3) is 5.30. The van der Waals surface area contributed by atoms with Crippen LogP contribution in [0.5, 0.6) is 0 Å². The zero-order chi connectivity index (χ0) is 23.6. The van der Waals surface area contributed by atoms with Crippen LogP contribution in [0, 0.1) is 12.7 Å². The van der Waals surface area contributed by atoms with Crippen LogP contribution in [0.3, 0.4) is 0 Å². The minimum atomic E-state index is -4.16. The molecule has 1 heterocycles. The molecule has 0 atom stereocenters.